The molecular formula is C26H34ClNO3. The van der Waals surface area contributed by atoms with E-state index in [-0.39, 0.29) is 42.1 Å². The van der Waals surface area contributed by atoms with Gasteiger partial charge in [-0.25, -0.2) is 0 Å². The number of hydrogen-bond donors (Lipinski definition) is 0. The second-order valence-corrected chi connectivity index (χ2v) is 9.39. The summed E-state index contributed by atoms with van der Waals surface area (Å²) in [6.07, 6.45) is 0.199. The Balaban J connectivity index is 2.50. The van der Waals surface area contributed by atoms with Crippen molar-refractivity contribution in [3.8, 4) is 0 Å². The summed E-state index contributed by atoms with van der Waals surface area (Å²) in [5.41, 5.74) is 1.63. The molecule has 1 atom stereocenters. The second-order valence-electron chi connectivity index (χ2n) is 9.12. The number of ether oxygens (including phenoxy) is 1. The Hall–Kier alpha value is -2.33. The summed E-state index contributed by atoms with van der Waals surface area (Å²) in [5, 5.41) is 0. The molecule has 0 saturated heterocycles. The molecule has 0 N–H and O–H groups in total. The molecule has 0 fully saturated rings. The van der Waals surface area contributed by atoms with Crippen LogP contribution in [0.5, 0.6) is 0 Å². The van der Waals surface area contributed by atoms with Gasteiger partial charge in [-0.3, -0.25) is 9.59 Å². The van der Waals surface area contributed by atoms with Crippen LogP contribution >= 0.6 is 11.6 Å². The minimum Gasteiger partial charge on any atom is -0.460 e. The van der Waals surface area contributed by atoms with Crippen LogP contribution in [0.4, 0.5) is 0 Å². The second kappa shape index (κ2) is 11.3. The minimum absolute atomic E-state index is 0.0282. The van der Waals surface area contributed by atoms with Gasteiger partial charge in [0.2, 0.25) is 5.91 Å². The summed E-state index contributed by atoms with van der Waals surface area (Å²) in [6, 6.07) is 20.2. The highest BCUT2D eigenvalue weighted by atomic mass is 35.5. The first-order valence-corrected chi connectivity index (χ1v) is 11.3. The van der Waals surface area contributed by atoms with Gasteiger partial charge in [0.15, 0.2) is 0 Å². The quantitative estimate of drug-likeness (QED) is 0.372. The van der Waals surface area contributed by atoms with Crippen molar-refractivity contribution in [3.05, 3.63) is 71.8 Å². The molecule has 2 rings (SSSR count). The highest BCUT2D eigenvalue weighted by Gasteiger charge is 2.32. The molecule has 2 aromatic rings. The van der Waals surface area contributed by atoms with Crippen molar-refractivity contribution in [3.63, 3.8) is 0 Å². The van der Waals surface area contributed by atoms with E-state index in [9.17, 15) is 9.59 Å². The van der Waals surface area contributed by atoms with Crippen molar-refractivity contribution >= 4 is 23.5 Å². The smallest absolute Gasteiger partial charge is 0.306 e. The van der Waals surface area contributed by atoms with Crippen LogP contribution < -0.4 is 0 Å². The van der Waals surface area contributed by atoms with Crippen LogP contribution in [0.25, 0.3) is 0 Å². The fourth-order valence-electron chi connectivity index (χ4n) is 3.87. The van der Waals surface area contributed by atoms with E-state index in [0.29, 0.717) is 6.54 Å². The molecule has 4 nitrogen and oxygen atoms in total. The van der Waals surface area contributed by atoms with Crippen molar-refractivity contribution in [2.24, 2.45) is 5.92 Å². The molecule has 0 aliphatic rings. The molecule has 0 spiro atoms. The van der Waals surface area contributed by atoms with Gasteiger partial charge in [-0.1, -0.05) is 60.7 Å². The molecule has 0 aliphatic heterocycles. The van der Waals surface area contributed by atoms with Crippen molar-refractivity contribution < 1.29 is 14.3 Å². The lowest BCUT2D eigenvalue weighted by atomic mass is 9.78. The first-order valence-electron chi connectivity index (χ1n) is 10.8. The lowest BCUT2D eigenvalue weighted by Crippen LogP contribution is -2.43. The third-order valence-corrected chi connectivity index (χ3v) is 5.36. The van der Waals surface area contributed by atoms with E-state index in [4.69, 9.17) is 16.3 Å². The summed E-state index contributed by atoms with van der Waals surface area (Å²) >= 11 is 5.90. The minimum atomic E-state index is -0.569. The van der Waals surface area contributed by atoms with Crippen LogP contribution in [0.15, 0.2) is 60.7 Å². The number of amides is 1. The maximum absolute atomic E-state index is 12.9. The van der Waals surface area contributed by atoms with Gasteiger partial charge in [-0.2, -0.15) is 0 Å². The third-order valence-electron chi connectivity index (χ3n) is 5.13. The predicted molar refractivity (Wildman–Crippen MR) is 126 cm³/mol. The van der Waals surface area contributed by atoms with Gasteiger partial charge in [-0.15, -0.1) is 11.6 Å². The van der Waals surface area contributed by atoms with Gasteiger partial charge in [0, 0.05) is 18.5 Å². The number of esters is 1. The molecule has 2 aromatic carbocycles. The Bertz CT molecular complexity index is 791. The molecule has 0 unspecified atom stereocenters. The first-order chi connectivity index (χ1) is 14.6. The summed E-state index contributed by atoms with van der Waals surface area (Å²) < 4.78 is 5.65. The molecule has 31 heavy (non-hydrogen) atoms. The molecule has 0 bridgehead atoms. The van der Waals surface area contributed by atoms with E-state index < -0.39 is 5.60 Å². The predicted octanol–water partition coefficient (Wildman–Crippen LogP) is 5.64. The fraction of sp³-hybridized carbons (Fsp3) is 0.462. The number of halogens is 1. The molecule has 0 saturated carbocycles. The maximum atomic E-state index is 12.9. The zero-order valence-electron chi connectivity index (χ0n) is 19.2. The summed E-state index contributed by atoms with van der Waals surface area (Å²) in [5.74, 6) is -0.728. The summed E-state index contributed by atoms with van der Waals surface area (Å²) in [7, 11) is 0. The Morgan fingerprint density at radius 3 is 1.81 bits per heavy atom. The number of rotatable bonds is 9. The van der Waals surface area contributed by atoms with E-state index in [2.05, 4.69) is 24.3 Å². The molecule has 1 amide bonds. The Kier molecular flexibility index (Phi) is 9.12. The Morgan fingerprint density at radius 2 is 1.42 bits per heavy atom. The van der Waals surface area contributed by atoms with Crippen LogP contribution in [0, 0.1) is 5.92 Å². The first kappa shape index (κ1) is 24.9. The highest BCUT2D eigenvalue weighted by Crippen LogP contribution is 2.35. The van der Waals surface area contributed by atoms with Gasteiger partial charge >= 0.3 is 5.97 Å². The third kappa shape index (κ3) is 7.70. The van der Waals surface area contributed by atoms with E-state index in [1.54, 1.807) is 4.90 Å². The van der Waals surface area contributed by atoms with Gasteiger partial charge in [-0.05, 0) is 51.7 Å². The molecule has 0 heterocycles. The van der Waals surface area contributed by atoms with Gasteiger partial charge in [0.05, 0.1) is 6.42 Å². The van der Waals surface area contributed by atoms with Gasteiger partial charge in [0.1, 0.15) is 11.5 Å². The molecule has 0 aliphatic carbocycles. The standard InChI is InChI=1S/C26H34ClNO3/c1-19(2)28(23(29)17-27)18-22(16-24(30)31-26(3,4)5)25(20-12-8-6-9-13-20)21-14-10-7-11-15-21/h6-15,19,22,25H,16-18H2,1-5H3/t22-/m1/s1. The Labute approximate surface area is 191 Å². The number of nitrogens with zero attached hydrogens (tertiary/aromatic N) is 1. The number of hydrogen-bond acceptors (Lipinski definition) is 3. The molecule has 168 valence electrons. The lowest BCUT2D eigenvalue weighted by molar-refractivity contribution is -0.156. The molecule has 5 heteroatoms. The van der Waals surface area contributed by atoms with Crippen molar-refractivity contribution in [1.82, 2.24) is 4.90 Å². The average molecular weight is 444 g/mol. The number of alkyl halides is 1. The zero-order chi connectivity index (χ0) is 23.0. The van der Waals surface area contributed by atoms with Crippen molar-refractivity contribution in [2.45, 2.75) is 58.6 Å². The topological polar surface area (TPSA) is 46.6 Å². The largest absolute Gasteiger partial charge is 0.460 e. The van der Waals surface area contributed by atoms with Crippen LogP contribution in [0.3, 0.4) is 0 Å². The van der Waals surface area contributed by atoms with Crippen molar-refractivity contribution in [2.75, 3.05) is 12.4 Å². The number of carbonyl (C=O) groups excluding carboxylic acids is 2. The maximum Gasteiger partial charge on any atom is 0.306 e. The van der Waals surface area contributed by atoms with Crippen LogP contribution in [0.2, 0.25) is 0 Å². The molecule has 0 radical (unpaired) electrons. The summed E-state index contributed by atoms with van der Waals surface area (Å²) in [6.45, 7) is 9.94. The molecule has 0 aromatic heterocycles. The zero-order valence-corrected chi connectivity index (χ0v) is 19.9. The van der Waals surface area contributed by atoms with E-state index in [1.807, 2.05) is 71.0 Å². The van der Waals surface area contributed by atoms with E-state index >= 15 is 0 Å². The van der Waals surface area contributed by atoms with Crippen LogP contribution in [-0.2, 0) is 14.3 Å². The Morgan fingerprint density at radius 1 is 0.935 bits per heavy atom. The van der Waals surface area contributed by atoms with E-state index in [1.165, 1.54) is 0 Å². The molecular weight excluding hydrogens is 410 g/mol. The lowest BCUT2D eigenvalue weighted by Gasteiger charge is -2.35. The van der Waals surface area contributed by atoms with Crippen LogP contribution in [-0.4, -0.2) is 40.8 Å². The average Bonchev–Trinajstić information content (AvgIpc) is 2.71. The monoisotopic (exact) mass is 443 g/mol. The SMILES string of the molecule is CC(C)N(C[C@@H](CC(=O)OC(C)(C)C)C(c1ccccc1)c1ccccc1)C(=O)CCl. The fourth-order valence-corrected chi connectivity index (χ4v) is 4.03. The number of carbonyl (C=O) groups is 2. The number of benzene rings is 2. The van der Waals surface area contributed by atoms with Crippen molar-refractivity contribution in [1.29, 1.82) is 0 Å². The van der Waals surface area contributed by atoms with Crippen LogP contribution in [0.1, 0.15) is 58.1 Å². The van der Waals surface area contributed by atoms with Gasteiger partial charge in [0.25, 0.3) is 0 Å². The van der Waals surface area contributed by atoms with E-state index in [0.717, 1.165) is 11.1 Å². The normalized spacial score (nSPS) is 12.6. The highest BCUT2D eigenvalue weighted by molar-refractivity contribution is 6.27. The van der Waals surface area contributed by atoms with Gasteiger partial charge < -0.3 is 9.64 Å². The summed E-state index contributed by atoms with van der Waals surface area (Å²) in [4.78, 5) is 27.2.